The molecule has 11 heteroatoms. The molecule has 2 heterocycles. The zero-order valence-corrected chi connectivity index (χ0v) is 24.9. The van der Waals surface area contributed by atoms with Crippen molar-refractivity contribution in [2.45, 2.75) is 4.90 Å². The van der Waals surface area contributed by atoms with Gasteiger partial charge in [0.2, 0.25) is 0 Å². The monoisotopic (exact) mass is 626 g/mol. The highest BCUT2D eigenvalue weighted by atomic mass is 32.2. The minimum Gasteiger partial charge on any atom is -0.409 e. The van der Waals surface area contributed by atoms with Crippen molar-refractivity contribution < 1.29 is 18.8 Å². The van der Waals surface area contributed by atoms with Gasteiger partial charge < -0.3 is 21.9 Å². The summed E-state index contributed by atoms with van der Waals surface area (Å²) in [6.45, 7) is 0. The molecule has 0 aliphatic rings. The zero-order valence-electron chi connectivity index (χ0n) is 24.1. The van der Waals surface area contributed by atoms with Crippen LogP contribution in [0.5, 0.6) is 0 Å². The molecule has 0 atom stereocenters. The van der Waals surface area contributed by atoms with Gasteiger partial charge in [-0.2, -0.15) is 0 Å². The molecule has 0 fully saturated rings. The summed E-state index contributed by atoms with van der Waals surface area (Å²) in [7, 11) is -4.14. The van der Waals surface area contributed by atoms with E-state index in [9.17, 15) is 18.8 Å². The maximum atomic E-state index is 14.6. The molecule has 0 aliphatic heterocycles. The van der Waals surface area contributed by atoms with Gasteiger partial charge in [-0.05, 0) is 70.8 Å². The van der Waals surface area contributed by atoms with Crippen LogP contribution in [-0.2, 0) is 10.0 Å². The van der Waals surface area contributed by atoms with E-state index in [1.54, 1.807) is 72.9 Å². The van der Waals surface area contributed by atoms with Crippen LogP contribution >= 0.6 is 0 Å². The van der Waals surface area contributed by atoms with Crippen LogP contribution in [0.4, 0.5) is 0 Å². The number of rotatable bonds is 6. The van der Waals surface area contributed by atoms with Crippen LogP contribution in [0.1, 0.15) is 11.1 Å². The van der Waals surface area contributed by atoms with Crippen molar-refractivity contribution in [3.05, 3.63) is 133 Å². The molecule has 10 nitrogen and oxygen atoms in total. The normalized spacial score (nSPS) is 12.7. The lowest BCUT2D eigenvalue weighted by molar-refractivity contribution is 0.318. The summed E-state index contributed by atoms with van der Waals surface area (Å²) in [5, 5.41) is 26.8. The van der Waals surface area contributed by atoms with E-state index in [1.807, 2.05) is 48.5 Å². The lowest BCUT2D eigenvalue weighted by Gasteiger charge is -2.12. The lowest BCUT2D eigenvalue weighted by Crippen LogP contribution is -2.13. The van der Waals surface area contributed by atoms with Crippen LogP contribution in [-0.4, -0.2) is 39.5 Å². The molecule has 0 unspecified atom stereocenters. The van der Waals surface area contributed by atoms with Crippen LogP contribution in [0.25, 0.3) is 55.0 Å². The Balaban J connectivity index is 1.51. The second-order valence-electron chi connectivity index (χ2n) is 10.7. The van der Waals surface area contributed by atoms with E-state index in [0.29, 0.717) is 43.8 Å². The first-order chi connectivity index (χ1) is 22.3. The summed E-state index contributed by atoms with van der Waals surface area (Å²) in [4.78, 5) is 4.51. The first-order valence-corrected chi connectivity index (χ1v) is 15.6. The molecule has 2 aromatic heterocycles. The van der Waals surface area contributed by atoms with Gasteiger partial charge in [0.05, 0.1) is 16.6 Å². The fraction of sp³-hybridized carbons (Fsp3) is 0. The number of para-hydroxylation sites is 1. The maximum Gasteiger partial charge on any atom is 0.270 e. The van der Waals surface area contributed by atoms with E-state index in [4.69, 9.17) is 11.5 Å². The highest BCUT2D eigenvalue weighted by molar-refractivity contribution is 7.90. The summed E-state index contributed by atoms with van der Waals surface area (Å²) in [5.41, 5.74) is 17.4. The topological polar surface area (TPSA) is 169 Å². The van der Waals surface area contributed by atoms with Gasteiger partial charge >= 0.3 is 0 Å². The average Bonchev–Trinajstić information content (AvgIpc) is 3.44. The Bertz CT molecular complexity index is 2380. The molecule has 0 amide bonds. The van der Waals surface area contributed by atoms with Gasteiger partial charge in [0.25, 0.3) is 10.0 Å². The molecule has 0 saturated carbocycles. The SMILES string of the molecule is N/C(=N\O)c1cccc(-c2ccc3c(c2)c2cc(-c4cccc(/C(N)=N/O)c4)ccc2n3S(=O)(=O)c2cccc3cccnc23)c1. The van der Waals surface area contributed by atoms with Crippen molar-refractivity contribution in [3.63, 3.8) is 0 Å². The summed E-state index contributed by atoms with van der Waals surface area (Å²) < 4.78 is 30.5. The van der Waals surface area contributed by atoms with Gasteiger partial charge in [0.1, 0.15) is 4.90 Å². The molecule has 7 aromatic rings. The Morgan fingerprint density at radius 2 is 1.13 bits per heavy atom. The number of pyridine rings is 1. The lowest BCUT2D eigenvalue weighted by atomic mass is 9.98. The third kappa shape index (κ3) is 4.66. The summed E-state index contributed by atoms with van der Waals surface area (Å²) in [5.74, 6) is -0.0406. The number of fused-ring (bicyclic) bond motifs is 4. The van der Waals surface area contributed by atoms with Crippen LogP contribution < -0.4 is 11.5 Å². The highest BCUT2D eigenvalue weighted by Gasteiger charge is 2.26. The number of benzene rings is 5. The Morgan fingerprint density at radius 3 is 1.67 bits per heavy atom. The fourth-order valence-corrected chi connectivity index (χ4v) is 7.52. The van der Waals surface area contributed by atoms with Gasteiger partial charge in [-0.25, -0.2) is 12.4 Å². The number of aromatic nitrogens is 2. The number of nitrogens with zero attached hydrogens (tertiary/aromatic N) is 4. The average molecular weight is 627 g/mol. The molecular weight excluding hydrogens is 600 g/mol. The van der Waals surface area contributed by atoms with Crippen molar-refractivity contribution in [1.82, 2.24) is 8.96 Å². The van der Waals surface area contributed by atoms with Crippen molar-refractivity contribution in [1.29, 1.82) is 0 Å². The predicted octanol–water partition coefficient (Wildman–Crippen LogP) is 6.10. The van der Waals surface area contributed by atoms with Crippen LogP contribution in [0.3, 0.4) is 0 Å². The minimum absolute atomic E-state index is 0.0203. The first-order valence-electron chi connectivity index (χ1n) is 14.1. The Kier molecular flexibility index (Phi) is 6.87. The summed E-state index contributed by atoms with van der Waals surface area (Å²) in [6.07, 6.45) is 1.58. The second-order valence-corrected chi connectivity index (χ2v) is 12.5. The largest absolute Gasteiger partial charge is 0.409 e. The number of nitrogens with two attached hydrogens (primary N) is 2. The summed E-state index contributed by atoms with van der Waals surface area (Å²) >= 11 is 0. The number of hydrogen-bond acceptors (Lipinski definition) is 7. The summed E-state index contributed by atoms with van der Waals surface area (Å²) in [6, 6.07) is 34.4. The highest BCUT2D eigenvalue weighted by Crippen LogP contribution is 2.38. The predicted molar refractivity (Wildman–Crippen MR) is 180 cm³/mol. The van der Waals surface area contributed by atoms with Crippen LogP contribution in [0, 0.1) is 0 Å². The molecule has 6 N–H and O–H groups in total. The van der Waals surface area contributed by atoms with Gasteiger partial charge in [0, 0.05) is 33.5 Å². The molecule has 0 aliphatic carbocycles. The third-order valence-corrected chi connectivity index (χ3v) is 9.79. The maximum absolute atomic E-state index is 14.6. The zero-order chi connectivity index (χ0) is 32.0. The van der Waals surface area contributed by atoms with Gasteiger partial charge in [0.15, 0.2) is 11.7 Å². The molecule has 7 rings (SSSR count). The number of oxime groups is 2. The minimum atomic E-state index is -4.14. The van der Waals surface area contributed by atoms with Crippen molar-refractivity contribution in [3.8, 4) is 22.3 Å². The van der Waals surface area contributed by atoms with Gasteiger partial charge in [-0.1, -0.05) is 77.0 Å². The van der Waals surface area contributed by atoms with Crippen molar-refractivity contribution >= 4 is 54.4 Å². The molecular formula is C35H26N6O4S. The Labute approximate surface area is 263 Å². The standard InChI is InChI=1S/C35H26N6O4S/c36-34(39-42)26-8-1-6-22(17-26)24-12-14-30-28(19-24)29-20-25(23-7-2-9-27(18-23)35(37)40-43)13-15-31(29)41(30)46(44,45)32-11-3-5-21-10-4-16-38-33(21)32/h1-20,42-43H,(H2,36,39)(H2,37,40). The second kappa shape index (κ2) is 11.1. The quantitative estimate of drug-likeness (QED) is 0.0748. The van der Waals surface area contributed by atoms with Crippen molar-refractivity contribution in [2.24, 2.45) is 21.8 Å². The van der Waals surface area contributed by atoms with E-state index in [0.717, 1.165) is 22.3 Å². The molecule has 0 saturated heterocycles. The van der Waals surface area contributed by atoms with E-state index < -0.39 is 10.0 Å². The first kappa shape index (κ1) is 28.6. The molecule has 0 radical (unpaired) electrons. The molecule has 0 spiro atoms. The number of hydrogen-bond donors (Lipinski definition) is 4. The van der Waals surface area contributed by atoms with E-state index in [2.05, 4.69) is 15.3 Å². The van der Waals surface area contributed by atoms with E-state index >= 15 is 0 Å². The smallest absolute Gasteiger partial charge is 0.270 e. The van der Waals surface area contributed by atoms with Crippen molar-refractivity contribution in [2.75, 3.05) is 0 Å². The third-order valence-electron chi connectivity index (χ3n) is 8.03. The van der Waals surface area contributed by atoms with Crippen LogP contribution in [0.2, 0.25) is 0 Å². The van der Waals surface area contributed by atoms with E-state index in [-0.39, 0.29) is 16.6 Å². The van der Waals surface area contributed by atoms with Gasteiger partial charge in [-0.15, -0.1) is 0 Å². The molecule has 226 valence electrons. The Hall–Kier alpha value is -6.20. The van der Waals surface area contributed by atoms with Crippen LogP contribution in [0.15, 0.2) is 137 Å². The number of amidine groups is 2. The van der Waals surface area contributed by atoms with Gasteiger partial charge in [-0.3, -0.25) is 4.98 Å². The molecule has 0 bridgehead atoms. The molecule has 5 aromatic carbocycles. The van der Waals surface area contributed by atoms with E-state index in [1.165, 1.54) is 3.97 Å². The Morgan fingerprint density at radius 1 is 0.630 bits per heavy atom. The fourth-order valence-electron chi connectivity index (χ4n) is 5.82. The molecule has 46 heavy (non-hydrogen) atoms.